The topological polar surface area (TPSA) is 33.3 Å². The Bertz CT molecular complexity index is 54.7. The first-order valence-corrected chi connectivity index (χ1v) is 1.79. The van der Waals surface area contributed by atoms with E-state index in [2.05, 4.69) is 29.0 Å². The van der Waals surface area contributed by atoms with Crippen molar-refractivity contribution in [3.05, 3.63) is 25.6 Å². The molecule has 0 fully saturated rings. The van der Waals surface area contributed by atoms with Crippen LogP contribution in [0.1, 0.15) is 0 Å². The van der Waals surface area contributed by atoms with Gasteiger partial charge in [-0.3, -0.25) is 5.43 Å². The van der Waals surface area contributed by atoms with Crippen LogP contribution >= 0.6 is 0 Å². The van der Waals surface area contributed by atoms with E-state index in [0.29, 0.717) is 0 Å². The molecule has 3 heteroatoms. The standard InChI is InChI=1S/C4H8N2O/c1-3-5-6-7-4-2/h3-6H,1-2H2. The largest absolute Gasteiger partial charge is 0.398 e. The highest BCUT2D eigenvalue weighted by molar-refractivity contribution is 4.55. The highest BCUT2D eigenvalue weighted by atomic mass is 16.7. The minimum absolute atomic E-state index is 1.26. The Hall–Kier alpha value is -0.960. The molecule has 0 aromatic heterocycles. The van der Waals surface area contributed by atoms with Gasteiger partial charge in [-0.15, -0.1) is 0 Å². The van der Waals surface area contributed by atoms with Crippen molar-refractivity contribution in [1.29, 1.82) is 0 Å². The van der Waals surface area contributed by atoms with Crippen LogP contribution in [0, 0.1) is 0 Å². The molecule has 0 atom stereocenters. The Kier molecular flexibility index (Phi) is 4.35. The van der Waals surface area contributed by atoms with E-state index in [1.54, 1.807) is 0 Å². The van der Waals surface area contributed by atoms with Crippen molar-refractivity contribution in [3.63, 3.8) is 0 Å². The molecule has 0 rings (SSSR count). The predicted octanol–water partition coefficient (Wildman–Crippen LogP) is 0.299. The van der Waals surface area contributed by atoms with Crippen molar-refractivity contribution in [3.8, 4) is 0 Å². The van der Waals surface area contributed by atoms with E-state index in [0.717, 1.165) is 0 Å². The summed E-state index contributed by atoms with van der Waals surface area (Å²) in [5.41, 5.74) is 4.77. The van der Waals surface area contributed by atoms with Crippen molar-refractivity contribution in [1.82, 2.24) is 11.0 Å². The van der Waals surface area contributed by atoms with Gasteiger partial charge in [0.15, 0.2) is 0 Å². The highest BCUT2D eigenvalue weighted by Crippen LogP contribution is 1.56. The summed E-state index contributed by atoms with van der Waals surface area (Å²) in [4.78, 5) is 4.41. The van der Waals surface area contributed by atoms with E-state index >= 15 is 0 Å². The molecule has 0 bridgehead atoms. The van der Waals surface area contributed by atoms with Crippen molar-refractivity contribution >= 4 is 0 Å². The van der Waals surface area contributed by atoms with Crippen molar-refractivity contribution < 1.29 is 4.84 Å². The first-order valence-electron chi connectivity index (χ1n) is 1.79. The van der Waals surface area contributed by atoms with Crippen molar-refractivity contribution in [2.24, 2.45) is 0 Å². The zero-order valence-corrected chi connectivity index (χ0v) is 3.98. The summed E-state index contributed by atoms with van der Waals surface area (Å²) in [6.45, 7) is 6.62. The first-order chi connectivity index (χ1) is 3.41. The minimum atomic E-state index is 1.26. The molecule has 0 aromatic rings. The Balaban J connectivity index is 2.68. The van der Waals surface area contributed by atoms with Crippen LogP contribution in [0.5, 0.6) is 0 Å². The fourth-order valence-corrected chi connectivity index (χ4v) is 0.117. The Morgan fingerprint density at radius 1 is 1.43 bits per heavy atom. The molecule has 0 heterocycles. The van der Waals surface area contributed by atoms with Crippen LogP contribution in [-0.4, -0.2) is 0 Å². The van der Waals surface area contributed by atoms with Crippen molar-refractivity contribution in [2.75, 3.05) is 0 Å². The minimum Gasteiger partial charge on any atom is -0.398 e. The maximum atomic E-state index is 4.41. The number of hydrazine groups is 1. The lowest BCUT2D eigenvalue weighted by Crippen LogP contribution is -2.23. The van der Waals surface area contributed by atoms with Gasteiger partial charge in [-0.1, -0.05) is 18.7 Å². The molecule has 40 valence electrons. The van der Waals surface area contributed by atoms with Gasteiger partial charge in [0.25, 0.3) is 0 Å². The molecular weight excluding hydrogens is 92.1 g/mol. The molecular formula is C4H8N2O. The molecule has 3 nitrogen and oxygen atoms in total. The zero-order chi connectivity index (χ0) is 5.54. The lowest BCUT2D eigenvalue weighted by Gasteiger charge is -1.97. The Morgan fingerprint density at radius 3 is 2.57 bits per heavy atom. The molecule has 0 saturated carbocycles. The molecule has 2 N–H and O–H groups in total. The summed E-state index contributed by atoms with van der Waals surface area (Å²) in [6, 6.07) is 0. The molecule has 0 radical (unpaired) electrons. The molecule has 0 unspecified atom stereocenters. The molecule has 0 aliphatic heterocycles. The van der Waals surface area contributed by atoms with Gasteiger partial charge in [-0.2, -0.15) is 0 Å². The van der Waals surface area contributed by atoms with Gasteiger partial charge < -0.3 is 4.84 Å². The van der Waals surface area contributed by atoms with Gasteiger partial charge in [-0.05, 0) is 0 Å². The number of nitrogens with one attached hydrogen (secondary N) is 2. The molecule has 7 heavy (non-hydrogen) atoms. The number of rotatable bonds is 4. The quantitative estimate of drug-likeness (QED) is 0.303. The van der Waals surface area contributed by atoms with Crippen LogP contribution in [0.4, 0.5) is 0 Å². The second-order valence-corrected chi connectivity index (χ2v) is 0.735. The second kappa shape index (κ2) is 5.04. The summed E-state index contributed by atoms with van der Waals surface area (Å²) >= 11 is 0. The fourth-order valence-electron chi connectivity index (χ4n) is 0.117. The third-order valence-electron chi connectivity index (χ3n) is 0.303. The average Bonchev–Trinajstić information content (AvgIpc) is 1.69. The van der Waals surface area contributed by atoms with E-state index in [1.807, 2.05) is 0 Å². The van der Waals surface area contributed by atoms with E-state index in [9.17, 15) is 0 Å². The van der Waals surface area contributed by atoms with Gasteiger partial charge in [0.1, 0.15) is 6.26 Å². The molecule has 0 aliphatic rings. The summed E-state index contributed by atoms with van der Waals surface area (Å²) < 4.78 is 0. The lowest BCUT2D eigenvalue weighted by atomic mass is 11.1. The van der Waals surface area contributed by atoms with Gasteiger partial charge in [0.05, 0.1) is 0 Å². The number of hydrogen-bond donors (Lipinski definition) is 2. The third kappa shape index (κ3) is 5.04. The van der Waals surface area contributed by atoms with Crippen LogP contribution in [0.25, 0.3) is 0 Å². The molecule has 0 spiro atoms. The summed E-state index contributed by atoms with van der Waals surface area (Å²) in [5.74, 6) is 0. The lowest BCUT2D eigenvalue weighted by molar-refractivity contribution is 0.110. The Labute approximate surface area is 42.6 Å². The molecule has 0 saturated heterocycles. The summed E-state index contributed by atoms with van der Waals surface area (Å²) in [6.07, 6.45) is 2.71. The van der Waals surface area contributed by atoms with Crippen LogP contribution in [-0.2, 0) is 4.84 Å². The monoisotopic (exact) mass is 100 g/mol. The van der Waals surface area contributed by atoms with Crippen LogP contribution in [0.2, 0.25) is 0 Å². The predicted molar refractivity (Wildman–Crippen MR) is 27.8 cm³/mol. The number of hydrogen-bond acceptors (Lipinski definition) is 3. The first kappa shape index (κ1) is 6.04. The maximum absolute atomic E-state index is 4.41. The van der Waals surface area contributed by atoms with Gasteiger partial charge in [-0.25, -0.2) is 0 Å². The highest BCUT2D eigenvalue weighted by Gasteiger charge is 1.63. The smallest absolute Gasteiger partial charge is 0.106 e. The van der Waals surface area contributed by atoms with E-state index in [1.165, 1.54) is 12.5 Å². The maximum Gasteiger partial charge on any atom is 0.106 e. The zero-order valence-electron chi connectivity index (χ0n) is 3.98. The van der Waals surface area contributed by atoms with Gasteiger partial charge in [0, 0.05) is 6.20 Å². The van der Waals surface area contributed by atoms with Crippen molar-refractivity contribution in [2.45, 2.75) is 0 Å². The van der Waals surface area contributed by atoms with E-state index in [-0.39, 0.29) is 0 Å². The normalized spacial score (nSPS) is 6.86. The fraction of sp³-hybridized carbons (Fsp3) is 0. The van der Waals surface area contributed by atoms with Gasteiger partial charge in [0.2, 0.25) is 0 Å². The third-order valence-corrected chi connectivity index (χ3v) is 0.303. The van der Waals surface area contributed by atoms with Crippen LogP contribution in [0.15, 0.2) is 25.6 Å². The average molecular weight is 100 g/mol. The van der Waals surface area contributed by atoms with E-state index < -0.39 is 0 Å². The SMILES string of the molecule is C=CNNOC=C. The second-order valence-electron chi connectivity index (χ2n) is 0.735. The Morgan fingerprint density at radius 2 is 2.14 bits per heavy atom. The molecule has 0 aromatic carbocycles. The van der Waals surface area contributed by atoms with Crippen LogP contribution < -0.4 is 11.0 Å². The summed E-state index contributed by atoms with van der Waals surface area (Å²) in [5, 5.41) is 0. The van der Waals surface area contributed by atoms with E-state index in [4.69, 9.17) is 0 Å². The van der Waals surface area contributed by atoms with Gasteiger partial charge >= 0.3 is 0 Å². The molecule has 0 amide bonds. The molecule has 0 aliphatic carbocycles. The van der Waals surface area contributed by atoms with Crippen LogP contribution in [0.3, 0.4) is 0 Å². The summed E-state index contributed by atoms with van der Waals surface area (Å²) in [7, 11) is 0.